The number of para-hydroxylation sites is 2. The van der Waals surface area contributed by atoms with Crippen molar-refractivity contribution >= 4 is 60.5 Å². The fourth-order valence-electron chi connectivity index (χ4n) is 9.17. The minimum atomic E-state index is -0.0614. The third kappa shape index (κ3) is 4.88. The van der Waals surface area contributed by atoms with Crippen molar-refractivity contribution < 1.29 is 4.42 Å². The smallest absolute Gasteiger partial charge is 0.136 e. The average molecular weight is 704 g/mol. The first-order valence-electron chi connectivity index (χ1n) is 19.1. The summed E-state index contributed by atoms with van der Waals surface area (Å²) in [4.78, 5) is 2.44. The maximum Gasteiger partial charge on any atom is 0.136 e. The first kappa shape index (κ1) is 31.6. The van der Waals surface area contributed by atoms with Crippen LogP contribution in [0.3, 0.4) is 0 Å². The summed E-state index contributed by atoms with van der Waals surface area (Å²) in [7, 11) is 0. The first-order valence-corrected chi connectivity index (χ1v) is 19.1. The molecule has 0 bridgehead atoms. The molecule has 1 aliphatic rings. The van der Waals surface area contributed by atoms with Crippen LogP contribution in [0.4, 0.5) is 17.1 Å². The molecule has 0 atom stereocenters. The molecule has 0 N–H and O–H groups in total. The van der Waals surface area contributed by atoms with Crippen molar-refractivity contribution in [2.24, 2.45) is 0 Å². The Hall–Kier alpha value is -6.90. The van der Waals surface area contributed by atoms with Gasteiger partial charge in [0.2, 0.25) is 0 Å². The summed E-state index contributed by atoms with van der Waals surface area (Å²) in [5.41, 5.74) is 15.3. The van der Waals surface area contributed by atoms with Crippen LogP contribution >= 0.6 is 0 Å². The lowest BCUT2D eigenvalue weighted by Gasteiger charge is -2.29. The zero-order valence-corrected chi connectivity index (χ0v) is 30.8. The molecule has 0 saturated heterocycles. The molecule has 260 valence electrons. The van der Waals surface area contributed by atoms with Gasteiger partial charge in [0.25, 0.3) is 0 Å². The summed E-state index contributed by atoms with van der Waals surface area (Å²) in [5, 5.41) is 7.22. The van der Waals surface area contributed by atoms with Gasteiger partial charge in [0.1, 0.15) is 11.2 Å². The maximum atomic E-state index is 6.19. The molecule has 0 spiro atoms. The fourth-order valence-corrected chi connectivity index (χ4v) is 9.17. The molecule has 11 rings (SSSR count). The molecule has 0 fully saturated rings. The van der Waals surface area contributed by atoms with Crippen molar-refractivity contribution in [2.75, 3.05) is 4.90 Å². The quantitative estimate of drug-likeness (QED) is 0.177. The number of benzene rings is 9. The van der Waals surface area contributed by atoms with Gasteiger partial charge in [-0.05, 0) is 109 Å². The lowest BCUT2D eigenvalue weighted by Crippen LogP contribution is -2.15. The zero-order chi connectivity index (χ0) is 36.7. The van der Waals surface area contributed by atoms with Gasteiger partial charge in [0.05, 0.1) is 5.69 Å². The predicted molar refractivity (Wildman–Crippen MR) is 232 cm³/mol. The second kappa shape index (κ2) is 12.1. The molecule has 0 aliphatic heterocycles. The Morgan fingerprint density at radius 3 is 1.96 bits per heavy atom. The SMILES string of the molecule is CC1(C)c2ccccc2-c2cc(N(c3ccc(-c4ccc5c(ccc6oc7ccccc7c65)c4)cc3)c3ccccc3-c3cccc4ccccc34)ccc21. The second-order valence-electron chi connectivity index (χ2n) is 15.3. The van der Waals surface area contributed by atoms with Crippen molar-refractivity contribution in [3.05, 3.63) is 199 Å². The first-order chi connectivity index (χ1) is 27.0. The zero-order valence-electron chi connectivity index (χ0n) is 30.8. The van der Waals surface area contributed by atoms with Crippen LogP contribution in [0.25, 0.3) is 76.9 Å². The van der Waals surface area contributed by atoms with Crippen molar-refractivity contribution in [3.63, 3.8) is 0 Å². The number of hydrogen-bond donors (Lipinski definition) is 0. The van der Waals surface area contributed by atoms with Gasteiger partial charge < -0.3 is 9.32 Å². The molecule has 9 aromatic carbocycles. The van der Waals surface area contributed by atoms with E-state index in [1.165, 1.54) is 71.4 Å². The summed E-state index contributed by atoms with van der Waals surface area (Å²) >= 11 is 0. The summed E-state index contributed by atoms with van der Waals surface area (Å²) in [6.07, 6.45) is 0. The van der Waals surface area contributed by atoms with E-state index < -0.39 is 0 Å². The molecule has 0 amide bonds. The van der Waals surface area contributed by atoms with Gasteiger partial charge in [-0.15, -0.1) is 0 Å². The van der Waals surface area contributed by atoms with Gasteiger partial charge in [-0.2, -0.15) is 0 Å². The summed E-state index contributed by atoms with van der Waals surface area (Å²) in [6, 6.07) is 68.6. The number of anilines is 3. The highest BCUT2D eigenvalue weighted by atomic mass is 16.3. The van der Waals surface area contributed by atoms with E-state index in [-0.39, 0.29) is 5.41 Å². The Balaban J connectivity index is 1.07. The summed E-state index contributed by atoms with van der Waals surface area (Å²) in [6.45, 7) is 4.69. The number of furan rings is 1. The highest BCUT2D eigenvalue weighted by Gasteiger charge is 2.35. The highest BCUT2D eigenvalue weighted by molar-refractivity contribution is 6.19. The molecule has 0 unspecified atom stereocenters. The van der Waals surface area contributed by atoms with Crippen LogP contribution in [-0.4, -0.2) is 0 Å². The van der Waals surface area contributed by atoms with Crippen molar-refractivity contribution in [2.45, 2.75) is 19.3 Å². The van der Waals surface area contributed by atoms with E-state index in [9.17, 15) is 0 Å². The molecule has 2 nitrogen and oxygen atoms in total. The van der Waals surface area contributed by atoms with Gasteiger partial charge in [0, 0.05) is 33.1 Å². The van der Waals surface area contributed by atoms with Crippen LogP contribution in [0.15, 0.2) is 192 Å². The largest absolute Gasteiger partial charge is 0.456 e. The third-order valence-electron chi connectivity index (χ3n) is 11.9. The van der Waals surface area contributed by atoms with Gasteiger partial charge in [-0.1, -0.05) is 153 Å². The maximum absolute atomic E-state index is 6.19. The summed E-state index contributed by atoms with van der Waals surface area (Å²) in [5.74, 6) is 0. The van der Waals surface area contributed by atoms with Crippen LogP contribution in [0.2, 0.25) is 0 Å². The van der Waals surface area contributed by atoms with E-state index in [0.29, 0.717) is 0 Å². The minimum absolute atomic E-state index is 0.0614. The lowest BCUT2D eigenvalue weighted by molar-refractivity contribution is 0.660. The number of rotatable bonds is 5. The highest BCUT2D eigenvalue weighted by Crippen LogP contribution is 2.51. The van der Waals surface area contributed by atoms with Gasteiger partial charge in [-0.25, -0.2) is 0 Å². The molecule has 1 aromatic heterocycles. The molecule has 1 aliphatic carbocycles. The molecule has 55 heavy (non-hydrogen) atoms. The van der Waals surface area contributed by atoms with Gasteiger partial charge >= 0.3 is 0 Å². The third-order valence-corrected chi connectivity index (χ3v) is 11.9. The molecule has 1 heterocycles. The van der Waals surface area contributed by atoms with Crippen molar-refractivity contribution in [3.8, 4) is 33.4 Å². The molecule has 0 saturated carbocycles. The minimum Gasteiger partial charge on any atom is -0.456 e. The van der Waals surface area contributed by atoms with Gasteiger partial charge in [-0.3, -0.25) is 0 Å². The Morgan fingerprint density at radius 2 is 1.07 bits per heavy atom. The van der Waals surface area contributed by atoms with E-state index in [4.69, 9.17) is 4.42 Å². The van der Waals surface area contributed by atoms with E-state index in [1.54, 1.807) is 0 Å². The molecular formula is C53H37NO. The van der Waals surface area contributed by atoms with Gasteiger partial charge in [0.15, 0.2) is 0 Å². The Bertz CT molecular complexity index is 3120. The number of nitrogens with zero attached hydrogens (tertiary/aromatic N) is 1. The standard InChI is InChI=1S/C53H37NO/c1-53(2)47-19-8-5-15-43(47)46-33-39(28-30-48(46)53)54(49-20-9-6-16-44(49)42-18-11-13-35-12-3-4-14-40(35)42)38-26-22-34(23-27-38)36-24-29-41-37(32-36)25-31-51-52(41)45-17-7-10-21-50(45)55-51/h3-33H,1-2H3. The van der Waals surface area contributed by atoms with Crippen LogP contribution < -0.4 is 4.90 Å². The predicted octanol–water partition coefficient (Wildman–Crippen LogP) is 15.0. The number of fused-ring (bicyclic) bond motifs is 9. The molecular weight excluding hydrogens is 667 g/mol. The fraction of sp³-hybridized carbons (Fsp3) is 0.0566. The van der Waals surface area contributed by atoms with Crippen LogP contribution in [-0.2, 0) is 5.41 Å². The van der Waals surface area contributed by atoms with Crippen molar-refractivity contribution in [1.29, 1.82) is 0 Å². The van der Waals surface area contributed by atoms with Crippen LogP contribution in [0.1, 0.15) is 25.0 Å². The number of hydrogen-bond acceptors (Lipinski definition) is 2. The van der Waals surface area contributed by atoms with E-state index in [2.05, 4.69) is 195 Å². The molecule has 2 heteroatoms. The van der Waals surface area contributed by atoms with E-state index >= 15 is 0 Å². The lowest BCUT2D eigenvalue weighted by atomic mass is 9.82. The normalized spacial score (nSPS) is 13.1. The topological polar surface area (TPSA) is 16.4 Å². The van der Waals surface area contributed by atoms with E-state index in [0.717, 1.165) is 33.6 Å². The van der Waals surface area contributed by atoms with Crippen molar-refractivity contribution in [1.82, 2.24) is 0 Å². The molecule has 0 radical (unpaired) electrons. The van der Waals surface area contributed by atoms with Crippen LogP contribution in [0.5, 0.6) is 0 Å². The Kier molecular flexibility index (Phi) is 6.93. The summed E-state index contributed by atoms with van der Waals surface area (Å²) < 4.78 is 6.19. The Labute approximate surface area is 320 Å². The average Bonchev–Trinajstić information content (AvgIpc) is 3.73. The molecule has 10 aromatic rings. The van der Waals surface area contributed by atoms with Crippen LogP contribution in [0, 0.1) is 0 Å². The monoisotopic (exact) mass is 703 g/mol. The Morgan fingerprint density at radius 1 is 0.400 bits per heavy atom. The van der Waals surface area contributed by atoms with E-state index in [1.807, 2.05) is 12.1 Å². The second-order valence-corrected chi connectivity index (χ2v) is 15.3.